The first-order chi connectivity index (χ1) is 16.4. The highest BCUT2D eigenvalue weighted by molar-refractivity contribution is 7.99. The van der Waals surface area contributed by atoms with Gasteiger partial charge in [-0.1, -0.05) is 42.1 Å². The van der Waals surface area contributed by atoms with Gasteiger partial charge < -0.3 is 19.7 Å². The van der Waals surface area contributed by atoms with E-state index in [2.05, 4.69) is 32.5 Å². The zero-order chi connectivity index (χ0) is 24.1. The van der Waals surface area contributed by atoms with Crippen LogP contribution >= 0.6 is 11.8 Å². The van der Waals surface area contributed by atoms with Crippen LogP contribution in [0.2, 0.25) is 0 Å². The number of nitrogens with one attached hydrogen (secondary N) is 1. The van der Waals surface area contributed by atoms with Crippen LogP contribution in [0, 0.1) is 5.82 Å². The van der Waals surface area contributed by atoms with Crippen LogP contribution in [0.3, 0.4) is 0 Å². The number of anilines is 1. The van der Waals surface area contributed by atoms with E-state index in [1.807, 2.05) is 23.1 Å². The second kappa shape index (κ2) is 10.7. The molecule has 1 aliphatic heterocycles. The van der Waals surface area contributed by atoms with Crippen LogP contribution in [0.5, 0.6) is 0 Å². The number of carbonyl (C=O) groups excluding carboxylic acids is 2. The Morgan fingerprint density at radius 2 is 1.71 bits per heavy atom. The van der Waals surface area contributed by atoms with Gasteiger partial charge in [0.2, 0.25) is 5.91 Å². The van der Waals surface area contributed by atoms with Crippen molar-refractivity contribution < 1.29 is 14.0 Å². The first kappa shape index (κ1) is 23.7. The lowest BCUT2D eigenvalue weighted by Gasteiger charge is -2.36. The van der Waals surface area contributed by atoms with Crippen LogP contribution in [0.1, 0.15) is 29.1 Å². The Morgan fingerprint density at radius 1 is 1.03 bits per heavy atom. The molecule has 0 spiro atoms. The molecule has 0 saturated carbocycles. The summed E-state index contributed by atoms with van der Waals surface area (Å²) in [6.45, 7) is 4.71. The number of nitrogens with zero attached hydrogens (tertiary/aromatic N) is 5. The van der Waals surface area contributed by atoms with Crippen molar-refractivity contribution in [3.8, 4) is 0 Å². The lowest BCUT2D eigenvalue weighted by molar-refractivity contribution is -0.128. The number of amides is 2. The van der Waals surface area contributed by atoms with Crippen LogP contribution in [-0.2, 0) is 11.8 Å². The van der Waals surface area contributed by atoms with Gasteiger partial charge in [-0.05, 0) is 31.2 Å². The molecule has 2 aromatic carbocycles. The topological polar surface area (TPSA) is 83.4 Å². The summed E-state index contributed by atoms with van der Waals surface area (Å²) < 4.78 is 15.6. The molecule has 2 heterocycles. The molecule has 0 bridgehead atoms. The Kier molecular flexibility index (Phi) is 7.46. The molecule has 178 valence electrons. The fourth-order valence-corrected chi connectivity index (χ4v) is 4.70. The van der Waals surface area contributed by atoms with E-state index in [0.29, 0.717) is 24.1 Å². The van der Waals surface area contributed by atoms with Gasteiger partial charge in [-0.15, -0.1) is 10.2 Å². The third-order valence-electron chi connectivity index (χ3n) is 5.80. The van der Waals surface area contributed by atoms with Crippen molar-refractivity contribution >= 4 is 29.3 Å². The largest absolute Gasteiger partial charge is 0.368 e. The molecule has 1 fully saturated rings. The van der Waals surface area contributed by atoms with Crippen LogP contribution in [0.4, 0.5) is 10.1 Å². The predicted octanol–water partition coefficient (Wildman–Crippen LogP) is 2.89. The molecular weight excluding hydrogens is 455 g/mol. The highest BCUT2D eigenvalue weighted by Crippen LogP contribution is 2.21. The van der Waals surface area contributed by atoms with Crippen molar-refractivity contribution in [1.29, 1.82) is 0 Å². The third-order valence-corrected chi connectivity index (χ3v) is 6.81. The molecule has 1 atom stereocenters. The van der Waals surface area contributed by atoms with E-state index in [-0.39, 0.29) is 17.2 Å². The van der Waals surface area contributed by atoms with Crippen molar-refractivity contribution in [2.45, 2.75) is 18.1 Å². The number of para-hydroxylation sites is 1. The van der Waals surface area contributed by atoms with Gasteiger partial charge in [0.1, 0.15) is 5.82 Å². The molecule has 0 radical (unpaired) electrons. The normalized spacial score (nSPS) is 14.7. The number of piperazine rings is 1. The molecule has 10 heteroatoms. The first-order valence-corrected chi connectivity index (χ1v) is 12.1. The second-order valence-corrected chi connectivity index (χ2v) is 9.01. The zero-order valence-electron chi connectivity index (χ0n) is 19.1. The van der Waals surface area contributed by atoms with Crippen molar-refractivity contribution in [3.63, 3.8) is 0 Å². The SMILES string of the molecule is C[C@H](NC(=O)c1ccccc1F)c1nnc(SCC(=O)N2CCN(c3ccccc3)CC2)n1C. The number of thioether (sulfide) groups is 1. The predicted molar refractivity (Wildman–Crippen MR) is 129 cm³/mol. The molecule has 1 aromatic heterocycles. The maximum Gasteiger partial charge on any atom is 0.254 e. The zero-order valence-corrected chi connectivity index (χ0v) is 20.0. The molecule has 1 N–H and O–H groups in total. The summed E-state index contributed by atoms with van der Waals surface area (Å²) in [6, 6.07) is 15.5. The van der Waals surface area contributed by atoms with Crippen molar-refractivity contribution in [2.75, 3.05) is 36.8 Å². The molecule has 1 aliphatic rings. The summed E-state index contributed by atoms with van der Waals surface area (Å²) in [5.41, 5.74) is 1.15. The van der Waals surface area contributed by atoms with Crippen LogP contribution in [0.15, 0.2) is 59.8 Å². The maximum atomic E-state index is 13.9. The summed E-state index contributed by atoms with van der Waals surface area (Å²) >= 11 is 1.31. The Balaban J connectivity index is 1.29. The fourth-order valence-electron chi connectivity index (χ4n) is 3.88. The number of aromatic nitrogens is 3. The molecule has 3 aromatic rings. The Bertz CT molecular complexity index is 1150. The van der Waals surface area contributed by atoms with E-state index in [0.717, 1.165) is 13.1 Å². The van der Waals surface area contributed by atoms with Crippen LogP contribution in [0.25, 0.3) is 0 Å². The Hall–Kier alpha value is -3.40. The highest BCUT2D eigenvalue weighted by Gasteiger charge is 2.23. The summed E-state index contributed by atoms with van der Waals surface area (Å²) in [5, 5.41) is 11.7. The highest BCUT2D eigenvalue weighted by atomic mass is 32.2. The minimum absolute atomic E-state index is 0.0240. The third kappa shape index (κ3) is 5.39. The average Bonchev–Trinajstić information content (AvgIpc) is 3.23. The summed E-state index contributed by atoms with van der Waals surface area (Å²) in [5.74, 6) is -0.260. The monoisotopic (exact) mass is 482 g/mol. The number of hydrogen-bond donors (Lipinski definition) is 1. The van der Waals surface area contributed by atoms with Crippen molar-refractivity contribution in [1.82, 2.24) is 25.0 Å². The van der Waals surface area contributed by atoms with Gasteiger partial charge in [0.05, 0.1) is 17.4 Å². The van der Waals surface area contributed by atoms with Gasteiger partial charge in [-0.25, -0.2) is 4.39 Å². The van der Waals surface area contributed by atoms with Gasteiger partial charge in [0.25, 0.3) is 5.91 Å². The van der Waals surface area contributed by atoms with Gasteiger partial charge >= 0.3 is 0 Å². The van der Waals surface area contributed by atoms with Crippen molar-refractivity contribution in [2.24, 2.45) is 7.05 Å². The maximum absolute atomic E-state index is 13.9. The quantitative estimate of drug-likeness (QED) is 0.522. The molecule has 34 heavy (non-hydrogen) atoms. The number of hydrogen-bond acceptors (Lipinski definition) is 6. The smallest absolute Gasteiger partial charge is 0.254 e. The molecule has 0 aliphatic carbocycles. The van der Waals surface area contributed by atoms with Crippen LogP contribution in [-0.4, -0.2) is 63.4 Å². The van der Waals surface area contributed by atoms with E-state index >= 15 is 0 Å². The van der Waals surface area contributed by atoms with E-state index in [9.17, 15) is 14.0 Å². The van der Waals surface area contributed by atoms with E-state index in [1.54, 1.807) is 24.6 Å². The molecule has 1 saturated heterocycles. The Morgan fingerprint density at radius 3 is 2.41 bits per heavy atom. The molecule has 4 rings (SSSR count). The molecular formula is C24H27FN6O2S. The first-order valence-electron chi connectivity index (χ1n) is 11.1. The van der Waals surface area contributed by atoms with Gasteiger partial charge in [-0.3, -0.25) is 9.59 Å². The van der Waals surface area contributed by atoms with E-state index in [4.69, 9.17) is 0 Å². The summed E-state index contributed by atoms with van der Waals surface area (Å²) in [6.07, 6.45) is 0. The fraction of sp³-hybridized carbons (Fsp3) is 0.333. The summed E-state index contributed by atoms with van der Waals surface area (Å²) in [7, 11) is 1.78. The lowest BCUT2D eigenvalue weighted by Crippen LogP contribution is -2.49. The van der Waals surface area contributed by atoms with E-state index in [1.165, 1.54) is 35.6 Å². The number of benzene rings is 2. The number of carbonyl (C=O) groups is 2. The standard InChI is InChI=1S/C24H27FN6O2S/c1-17(26-23(33)19-10-6-7-11-20(19)25)22-27-28-24(29(22)2)34-16-21(32)31-14-12-30(13-15-31)18-8-4-3-5-9-18/h3-11,17H,12-16H2,1-2H3,(H,26,33)/t17-/m0/s1. The van der Waals surface area contributed by atoms with Gasteiger partial charge in [0, 0.05) is 38.9 Å². The van der Waals surface area contributed by atoms with Crippen LogP contribution < -0.4 is 10.2 Å². The second-order valence-electron chi connectivity index (χ2n) is 8.07. The minimum Gasteiger partial charge on any atom is -0.368 e. The van der Waals surface area contributed by atoms with Gasteiger partial charge in [-0.2, -0.15) is 0 Å². The van der Waals surface area contributed by atoms with E-state index < -0.39 is 17.8 Å². The van der Waals surface area contributed by atoms with Crippen molar-refractivity contribution in [3.05, 3.63) is 71.8 Å². The summed E-state index contributed by atoms with van der Waals surface area (Å²) in [4.78, 5) is 29.3. The lowest BCUT2D eigenvalue weighted by atomic mass is 10.2. The number of rotatable bonds is 7. The Labute approximate surface area is 202 Å². The molecule has 8 nitrogen and oxygen atoms in total. The minimum atomic E-state index is -0.579. The molecule has 2 amide bonds. The number of halogens is 1. The van der Waals surface area contributed by atoms with Gasteiger partial charge in [0.15, 0.2) is 11.0 Å². The average molecular weight is 483 g/mol. The molecule has 0 unspecified atom stereocenters.